The van der Waals surface area contributed by atoms with Gasteiger partial charge in [0.2, 0.25) is 10.9 Å². The molecular formula is C24H20N4OS2. The number of nitrogens with one attached hydrogen (secondary N) is 1. The van der Waals surface area contributed by atoms with Gasteiger partial charge >= 0.3 is 0 Å². The fourth-order valence-electron chi connectivity index (χ4n) is 3.60. The molecule has 0 saturated heterocycles. The van der Waals surface area contributed by atoms with Gasteiger partial charge in [-0.05, 0) is 29.7 Å². The largest absolute Gasteiger partial charge is 0.348 e. The first-order valence-corrected chi connectivity index (χ1v) is 11.8. The summed E-state index contributed by atoms with van der Waals surface area (Å²) >= 11 is 3.01. The van der Waals surface area contributed by atoms with Crippen LogP contribution in [0.5, 0.6) is 0 Å². The van der Waals surface area contributed by atoms with Crippen LogP contribution in [-0.4, -0.2) is 26.3 Å². The number of amides is 1. The molecule has 1 atom stereocenters. The first-order valence-electron chi connectivity index (χ1n) is 10.0. The lowest BCUT2D eigenvalue weighted by Gasteiger charge is -2.19. The average Bonchev–Trinajstić information content (AvgIpc) is 3.38. The number of hydrogen-bond acceptors (Lipinski definition) is 5. The van der Waals surface area contributed by atoms with E-state index in [0.29, 0.717) is 0 Å². The molecule has 0 aliphatic rings. The fourth-order valence-corrected chi connectivity index (χ4v) is 5.38. The molecule has 5 rings (SSSR count). The van der Waals surface area contributed by atoms with E-state index < -0.39 is 0 Å². The average molecular weight is 445 g/mol. The van der Waals surface area contributed by atoms with Crippen molar-refractivity contribution in [2.24, 2.45) is 0 Å². The Kier molecular flexibility index (Phi) is 5.69. The Morgan fingerprint density at radius 1 is 0.935 bits per heavy atom. The number of hydrogen-bond donors (Lipinski definition) is 1. The van der Waals surface area contributed by atoms with Crippen LogP contribution in [0.2, 0.25) is 0 Å². The van der Waals surface area contributed by atoms with Gasteiger partial charge in [0.05, 0.1) is 22.0 Å². The van der Waals surface area contributed by atoms with Crippen molar-refractivity contribution in [2.45, 2.75) is 17.6 Å². The SMILES string of the molecule is O=C(CSc1nnc2sc3ccccc3n12)NC(Cc1ccccc1)c1ccccc1. The summed E-state index contributed by atoms with van der Waals surface area (Å²) in [7, 11) is 0. The number of para-hydroxylation sites is 1. The highest BCUT2D eigenvalue weighted by Crippen LogP contribution is 2.29. The topological polar surface area (TPSA) is 59.3 Å². The predicted octanol–water partition coefficient (Wildman–Crippen LogP) is 5.14. The van der Waals surface area contributed by atoms with Crippen molar-refractivity contribution >= 4 is 44.2 Å². The molecule has 5 nitrogen and oxygen atoms in total. The van der Waals surface area contributed by atoms with Crippen LogP contribution in [0.1, 0.15) is 17.2 Å². The van der Waals surface area contributed by atoms with Gasteiger partial charge in [-0.3, -0.25) is 9.20 Å². The maximum absolute atomic E-state index is 12.9. The predicted molar refractivity (Wildman–Crippen MR) is 127 cm³/mol. The molecule has 0 fully saturated rings. The minimum atomic E-state index is -0.0860. The van der Waals surface area contributed by atoms with E-state index in [2.05, 4.69) is 51.9 Å². The fraction of sp³-hybridized carbons (Fsp3) is 0.125. The van der Waals surface area contributed by atoms with Gasteiger partial charge in [-0.15, -0.1) is 10.2 Å². The lowest BCUT2D eigenvalue weighted by Crippen LogP contribution is -2.31. The summed E-state index contributed by atoms with van der Waals surface area (Å²) < 4.78 is 3.18. The Labute approximate surface area is 188 Å². The Bertz CT molecular complexity index is 1310. The van der Waals surface area contributed by atoms with E-state index in [1.54, 1.807) is 11.3 Å². The van der Waals surface area contributed by atoms with Crippen LogP contribution in [0.3, 0.4) is 0 Å². The second-order valence-electron chi connectivity index (χ2n) is 7.18. The van der Waals surface area contributed by atoms with Crippen molar-refractivity contribution in [3.05, 3.63) is 96.1 Å². The third-order valence-corrected chi connectivity index (χ3v) is 7.00. The lowest BCUT2D eigenvalue weighted by molar-refractivity contribution is -0.119. The molecule has 0 bridgehead atoms. The molecule has 0 saturated carbocycles. The van der Waals surface area contributed by atoms with Gasteiger partial charge in [0.15, 0.2) is 5.16 Å². The Morgan fingerprint density at radius 3 is 2.45 bits per heavy atom. The van der Waals surface area contributed by atoms with Crippen molar-refractivity contribution in [1.82, 2.24) is 19.9 Å². The number of carbonyl (C=O) groups is 1. The highest BCUT2D eigenvalue weighted by Gasteiger charge is 2.18. The number of carbonyl (C=O) groups excluding carboxylic acids is 1. The van der Waals surface area contributed by atoms with E-state index in [4.69, 9.17) is 0 Å². The van der Waals surface area contributed by atoms with E-state index >= 15 is 0 Å². The summed E-state index contributed by atoms with van der Waals surface area (Å²) in [5, 5.41) is 12.5. The Balaban J connectivity index is 1.31. The first-order chi connectivity index (χ1) is 15.3. The number of thioether (sulfide) groups is 1. The van der Waals surface area contributed by atoms with Crippen molar-refractivity contribution in [1.29, 1.82) is 0 Å². The number of fused-ring (bicyclic) bond motifs is 3. The zero-order valence-electron chi connectivity index (χ0n) is 16.6. The molecule has 0 aliphatic carbocycles. The van der Waals surface area contributed by atoms with Crippen LogP contribution in [-0.2, 0) is 11.2 Å². The standard InChI is InChI=1S/C24H20N4OS2/c29-22(16-30-23-26-27-24-28(23)20-13-7-8-14-21(20)31-24)25-19(18-11-5-2-6-12-18)15-17-9-3-1-4-10-17/h1-14,19H,15-16H2,(H,25,29). The summed E-state index contributed by atoms with van der Waals surface area (Å²) in [6.45, 7) is 0. The normalized spacial score (nSPS) is 12.3. The molecule has 0 spiro atoms. The minimum Gasteiger partial charge on any atom is -0.348 e. The van der Waals surface area contributed by atoms with Gasteiger partial charge < -0.3 is 5.32 Å². The summed E-state index contributed by atoms with van der Waals surface area (Å²) in [6, 6.07) is 28.4. The van der Waals surface area contributed by atoms with E-state index in [9.17, 15) is 4.79 Å². The molecule has 0 radical (unpaired) electrons. The maximum Gasteiger partial charge on any atom is 0.230 e. The smallest absolute Gasteiger partial charge is 0.230 e. The molecule has 1 unspecified atom stereocenters. The molecule has 3 aromatic carbocycles. The second-order valence-corrected chi connectivity index (χ2v) is 9.13. The monoisotopic (exact) mass is 444 g/mol. The van der Waals surface area contributed by atoms with Crippen molar-refractivity contribution in [2.75, 3.05) is 5.75 Å². The minimum absolute atomic E-state index is 0.0222. The number of nitrogens with zero attached hydrogens (tertiary/aromatic N) is 3. The molecule has 7 heteroatoms. The zero-order chi connectivity index (χ0) is 21.0. The third-order valence-electron chi connectivity index (χ3n) is 5.06. The highest BCUT2D eigenvalue weighted by molar-refractivity contribution is 7.99. The van der Waals surface area contributed by atoms with Gasteiger partial charge in [-0.2, -0.15) is 0 Å². The van der Waals surface area contributed by atoms with E-state index in [1.807, 2.05) is 52.9 Å². The number of thiazole rings is 1. The summed E-state index contributed by atoms with van der Waals surface area (Å²) in [6.07, 6.45) is 0.742. The van der Waals surface area contributed by atoms with E-state index in [0.717, 1.165) is 32.3 Å². The molecule has 1 amide bonds. The van der Waals surface area contributed by atoms with Gasteiger partial charge in [0, 0.05) is 0 Å². The van der Waals surface area contributed by atoms with E-state index in [1.165, 1.54) is 17.3 Å². The van der Waals surface area contributed by atoms with Crippen LogP contribution in [0.25, 0.3) is 15.2 Å². The molecule has 2 aromatic heterocycles. The molecule has 0 aliphatic heterocycles. The van der Waals surface area contributed by atoms with Crippen LogP contribution in [0.4, 0.5) is 0 Å². The van der Waals surface area contributed by atoms with Crippen molar-refractivity contribution in [3.8, 4) is 0 Å². The number of aromatic nitrogens is 3. The molecule has 1 N–H and O–H groups in total. The zero-order valence-corrected chi connectivity index (χ0v) is 18.3. The molecular weight excluding hydrogens is 424 g/mol. The van der Waals surface area contributed by atoms with Gasteiger partial charge in [0.1, 0.15) is 0 Å². The van der Waals surface area contributed by atoms with Crippen LogP contribution in [0.15, 0.2) is 90.1 Å². The molecule has 31 heavy (non-hydrogen) atoms. The van der Waals surface area contributed by atoms with E-state index in [-0.39, 0.29) is 17.7 Å². The number of rotatable bonds is 7. The summed E-state index contributed by atoms with van der Waals surface area (Å²) in [4.78, 5) is 13.7. The highest BCUT2D eigenvalue weighted by atomic mass is 32.2. The van der Waals surface area contributed by atoms with Crippen molar-refractivity contribution < 1.29 is 4.79 Å². The van der Waals surface area contributed by atoms with Gasteiger partial charge in [0.25, 0.3) is 0 Å². The van der Waals surface area contributed by atoms with Crippen LogP contribution in [0, 0.1) is 0 Å². The quantitative estimate of drug-likeness (QED) is 0.353. The summed E-state index contributed by atoms with van der Waals surface area (Å²) in [5.74, 6) is 0.259. The number of benzene rings is 3. The molecule has 154 valence electrons. The van der Waals surface area contributed by atoms with Crippen LogP contribution >= 0.6 is 23.1 Å². The summed E-state index contributed by atoms with van der Waals surface area (Å²) in [5.41, 5.74) is 3.35. The van der Waals surface area contributed by atoms with Gasteiger partial charge in [-0.1, -0.05) is 95.9 Å². The lowest BCUT2D eigenvalue weighted by atomic mass is 9.99. The Hall–Kier alpha value is -3.16. The third kappa shape index (κ3) is 4.33. The first kappa shape index (κ1) is 19.8. The molecule has 5 aromatic rings. The molecule has 2 heterocycles. The van der Waals surface area contributed by atoms with Gasteiger partial charge in [-0.25, -0.2) is 0 Å². The second kappa shape index (κ2) is 8.91. The Morgan fingerprint density at radius 2 is 1.65 bits per heavy atom. The maximum atomic E-state index is 12.9. The van der Waals surface area contributed by atoms with Crippen LogP contribution < -0.4 is 5.32 Å². The van der Waals surface area contributed by atoms with Crippen molar-refractivity contribution in [3.63, 3.8) is 0 Å².